The second-order valence-electron chi connectivity index (χ2n) is 11.8. The number of ether oxygens (including phenoxy) is 4. The number of nitro groups is 1. The van der Waals surface area contributed by atoms with Crippen LogP contribution >= 0.6 is 0 Å². The Kier molecular flexibility index (Phi) is 21.3. The third kappa shape index (κ3) is 19.4. The number of nitro benzene ring substituents is 1. The number of hydrogen-bond acceptors (Lipinski definition) is 11. The van der Waals surface area contributed by atoms with Crippen LogP contribution in [0.4, 0.5) is 50.9 Å². The maximum Gasteiger partial charge on any atom is 0.471 e. The maximum absolute atomic E-state index is 11.9. The van der Waals surface area contributed by atoms with Gasteiger partial charge in [0.1, 0.15) is 17.2 Å². The summed E-state index contributed by atoms with van der Waals surface area (Å²) >= 11 is 0. The summed E-state index contributed by atoms with van der Waals surface area (Å²) in [6, 6.07) is 22.2. The van der Waals surface area contributed by atoms with Crippen molar-refractivity contribution in [3.63, 3.8) is 0 Å². The molecule has 4 aromatic rings. The Morgan fingerprint density at radius 3 is 1.21 bits per heavy atom. The highest BCUT2D eigenvalue weighted by molar-refractivity contribution is 5.82. The Balaban J connectivity index is 0.000000422. The molecule has 340 valence electrons. The lowest BCUT2D eigenvalue weighted by Crippen LogP contribution is -2.36. The van der Waals surface area contributed by atoms with E-state index in [1.165, 1.54) is 51.7 Å². The molecule has 0 bridgehead atoms. The monoisotopic (exact) mass is 896 g/mol. The van der Waals surface area contributed by atoms with Crippen LogP contribution in [0.15, 0.2) is 84.9 Å². The number of amides is 3. The minimum Gasteiger partial charge on any atom is -0.497 e. The van der Waals surface area contributed by atoms with Gasteiger partial charge in [-0.2, -0.15) is 39.5 Å². The van der Waals surface area contributed by atoms with E-state index in [0.29, 0.717) is 34.9 Å². The fourth-order valence-electron chi connectivity index (χ4n) is 4.23. The Morgan fingerprint density at radius 1 is 0.548 bits per heavy atom. The van der Waals surface area contributed by atoms with E-state index in [-0.39, 0.29) is 30.1 Å². The number of methoxy groups -OCH3 is 4. The summed E-state index contributed by atoms with van der Waals surface area (Å²) < 4.78 is 126. The first kappa shape index (κ1) is 53.0. The molecule has 0 aliphatic heterocycles. The number of nitrogens with two attached hydrogens (primary N) is 2. The number of anilines is 1. The van der Waals surface area contributed by atoms with Crippen molar-refractivity contribution in [2.75, 3.05) is 34.2 Å². The number of benzene rings is 4. The zero-order chi connectivity index (χ0) is 47.3. The van der Waals surface area contributed by atoms with Gasteiger partial charge >= 0.3 is 41.9 Å². The molecule has 0 saturated carbocycles. The van der Waals surface area contributed by atoms with Crippen molar-refractivity contribution in [2.24, 2.45) is 5.73 Å². The SMILES string of the molecule is COc1ccc(CN)cc1.COc1ccc(CNC(=O)C(F)(F)F)cc1.COc1ccc(CNC(=O)C(F)(F)F)cc1N.COc1ccc(CNC(=O)C(F)(F)F)cc1[N+](=O)[O-]. The number of nitrogen functional groups attached to an aromatic ring is 1. The standard InChI is InChI=1S/C10H9F3N2O4.C10H11F3N2O2.C10H10F3NO2.C8H11NO/c1-19-8-3-2-6(4-7(8)15(17)18)5-14-9(16)10(11,12)13;1-17-8-3-2-6(4-7(8)14)5-15-9(16)10(11,12)13;1-16-8-4-2-7(3-5-8)6-14-9(15)10(11,12)13;1-10-8-4-2-7(6-9)3-5-8/h2-4H,5H2,1H3,(H,14,16);2-4H,5,14H2,1H3,(H,15,16);2-5H,6H2,1H3,(H,14,15);2-5H,6,9H2,1H3. The summed E-state index contributed by atoms with van der Waals surface area (Å²) in [6.45, 7) is -0.290. The molecule has 7 N–H and O–H groups in total. The summed E-state index contributed by atoms with van der Waals surface area (Å²) in [7, 11) is 5.79. The first-order valence-electron chi connectivity index (χ1n) is 17.1. The number of halogens is 9. The average Bonchev–Trinajstić information content (AvgIpc) is 3.23. The number of hydrogen-bond donors (Lipinski definition) is 5. The van der Waals surface area contributed by atoms with Gasteiger partial charge in [0.25, 0.3) is 0 Å². The first-order valence-corrected chi connectivity index (χ1v) is 17.1. The summed E-state index contributed by atoms with van der Waals surface area (Å²) in [5.74, 6) is -4.14. The molecule has 0 saturated heterocycles. The van der Waals surface area contributed by atoms with Crippen LogP contribution in [0.25, 0.3) is 0 Å². The van der Waals surface area contributed by atoms with Crippen LogP contribution < -0.4 is 46.4 Å². The second kappa shape index (κ2) is 24.9. The third-order valence-electron chi connectivity index (χ3n) is 7.42. The average molecular weight is 897 g/mol. The topological polar surface area (TPSA) is 219 Å². The van der Waals surface area contributed by atoms with Crippen molar-refractivity contribution in [2.45, 2.75) is 44.7 Å². The molecule has 4 aromatic carbocycles. The van der Waals surface area contributed by atoms with Crippen LogP contribution in [0, 0.1) is 10.1 Å². The number of carbonyl (C=O) groups is 3. The smallest absolute Gasteiger partial charge is 0.471 e. The Labute approximate surface area is 347 Å². The summed E-state index contributed by atoms with van der Waals surface area (Å²) in [6.07, 6.45) is -14.7. The van der Waals surface area contributed by atoms with Gasteiger partial charge < -0.3 is 46.4 Å². The van der Waals surface area contributed by atoms with E-state index in [1.54, 1.807) is 47.3 Å². The Bertz CT molecular complexity index is 2030. The molecule has 0 aliphatic carbocycles. The molecule has 62 heavy (non-hydrogen) atoms. The second-order valence-corrected chi connectivity index (χ2v) is 11.8. The normalized spacial score (nSPS) is 10.7. The minimum absolute atomic E-state index is 0.0177. The third-order valence-corrected chi connectivity index (χ3v) is 7.42. The van der Waals surface area contributed by atoms with Gasteiger partial charge in [0.15, 0.2) is 5.75 Å². The molecule has 0 fully saturated rings. The van der Waals surface area contributed by atoms with Gasteiger partial charge in [-0.25, -0.2) is 0 Å². The quantitative estimate of drug-likeness (QED) is 0.0462. The van der Waals surface area contributed by atoms with E-state index in [4.69, 9.17) is 30.4 Å². The largest absolute Gasteiger partial charge is 0.497 e. The van der Waals surface area contributed by atoms with Gasteiger partial charge in [0, 0.05) is 32.2 Å². The van der Waals surface area contributed by atoms with Crippen molar-refractivity contribution in [3.05, 3.63) is 117 Å². The molecule has 0 aromatic heterocycles. The van der Waals surface area contributed by atoms with Crippen LogP contribution in [-0.4, -0.2) is 69.6 Å². The predicted molar refractivity (Wildman–Crippen MR) is 205 cm³/mol. The highest BCUT2D eigenvalue weighted by Crippen LogP contribution is 2.28. The lowest BCUT2D eigenvalue weighted by atomic mass is 10.2. The zero-order valence-electron chi connectivity index (χ0n) is 33.1. The van der Waals surface area contributed by atoms with Crippen molar-refractivity contribution >= 4 is 29.1 Å². The van der Waals surface area contributed by atoms with Gasteiger partial charge in [-0.3, -0.25) is 24.5 Å². The number of nitrogens with one attached hydrogen (secondary N) is 3. The van der Waals surface area contributed by atoms with E-state index in [9.17, 15) is 64.0 Å². The molecule has 15 nitrogen and oxygen atoms in total. The van der Waals surface area contributed by atoms with Gasteiger partial charge in [0.05, 0.1) is 39.0 Å². The van der Waals surface area contributed by atoms with Crippen molar-refractivity contribution in [1.29, 1.82) is 0 Å². The van der Waals surface area contributed by atoms with Crippen LogP contribution in [0.2, 0.25) is 0 Å². The first-order chi connectivity index (χ1) is 28.9. The summed E-state index contributed by atoms with van der Waals surface area (Å²) in [4.78, 5) is 41.6. The zero-order valence-corrected chi connectivity index (χ0v) is 33.1. The van der Waals surface area contributed by atoms with Crippen molar-refractivity contribution < 1.29 is 77.8 Å². The molecule has 0 atom stereocenters. The number of nitrogens with zero attached hydrogens (tertiary/aromatic N) is 1. The highest BCUT2D eigenvalue weighted by atomic mass is 19.4. The van der Waals surface area contributed by atoms with E-state index in [1.807, 2.05) is 24.3 Å². The molecule has 0 spiro atoms. The van der Waals surface area contributed by atoms with Gasteiger partial charge in [-0.15, -0.1) is 0 Å². The fourth-order valence-corrected chi connectivity index (χ4v) is 4.23. The van der Waals surface area contributed by atoms with E-state index < -0.39 is 47.7 Å². The lowest BCUT2D eigenvalue weighted by molar-refractivity contribution is -0.385. The Hall–Kier alpha value is -6.98. The molecule has 0 heterocycles. The summed E-state index contributed by atoms with van der Waals surface area (Å²) in [5, 5.41) is 15.8. The molecule has 0 unspecified atom stereocenters. The van der Waals surface area contributed by atoms with Crippen LogP contribution in [0.1, 0.15) is 22.3 Å². The summed E-state index contributed by atoms with van der Waals surface area (Å²) in [5.41, 5.74) is 13.2. The fraction of sp³-hybridized carbons (Fsp3) is 0.289. The lowest BCUT2D eigenvalue weighted by Gasteiger charge is -2.09. The van der Waals surface area contributed by atoms with Crippen molar-refractivity contribution in [1.82, 2.24) is 16.0 Å². The van der Waals surface area contributed by atoms with Crippen LogP contribution in [0.5, 0.6) is 23.0 Å². The number of carbonyl (C=O) groups excluding carboxylic acids is 3. The van der Waals surface area contributed by atoms with Crippen LogP contribution in [-0.2, 0) is 40.6 Å². The van der Waals surface area contributed by atoms with Crippen LogP contribution in [0.3, 0.4) is 0 Å². The predicted octanol–water partition coefficient (Wildman–Crippen LogP) is 6.27. The van der Waals surface area contributed by atoms with E-state index in [2.05, 4.69) is 0 Å². The molecule has 0 radical (unpaired) electrons. The maximum atomic E-state index is 11.9. The number of alkyl halides is 9. The molecule has 4 rings (SSSR count). The molecule has 3 amide bonds. The minimum atomic E-state index is -4.99. The van der Waals surface area contributed by atoms with E-state index >= 15 is 0 Å². The van der Waals surface area contributed by atoms with Gasteiger partial charge in [0.2, 0.25) is 0 Å². The van der Waals surface area contributed by atoms with Gasteiger partial charge in [-0.05, 0) is 64.7 Å². The van der Waals surface area contributed by atoms with Crippen molar-refractivity contribution in [3.8, 4) is 23.0 Å². The Morgan fingerprint density at radius 2 is 0.887 bits per heavy atom. The molecule has 24 heteroatoms. The van der Waals surface area contributed by atoms with Gasteiger partial charge in [-0.1, -0.05) is 36.4 Å². The number of rotatable bonds is 12. The molecular weight excluding hydrogens is 855 g/mol. The van der Waals surface area contributed by atoms with E-state index in [0.717, 1.165) is 17.4 Å². The highest BCUT2D eigenvalue weighted by Gasteiger charge is 2.39. The molecular formula is C38H41F9N6O9. The molecule has 0 aliphatic rings.